The van der Waals surface area contributed by atoms with E-state index >= 15 is 0 Å². The number of pyridine rings is 1. The molecule has 0 radical (unpaired) electrons. The van der Waals surface area contributed by atoms with Crippen LogP contribution in [0.1, 0.15) is 5.56 Å². The maximum Gasteiger partial charge on any atom is 0.381 e. The molecule has 1 saturated heterocycles. The zero-order chi connectivity index (χ0) is 24.3. The van der Waals surface area contributed by atoms with Gasteiger partial charge in [0.2, 0.25) is 5.71 Å². The van der Waals surface area contributed by atoms with Crippen molar-refractivity contribution in [3.63, 3.8) is 0 Å². The van der Waals surface area contributed by atoms with Crippen molar-refractivity contribution in [1.29, 1.82) is 0 Å². The molecule has 0 amide bonds. The van der Waals surface area contributed by atoms with Crippen LogP contribution < -0.4 is 0 Å². The SMILES string of the molecule is C1=CB2N(C=C1)B1C=CC=CN1B1C=C(c3cccc4c3oc3ncccc34)C=CN1B1C=CC=CN21. The maximum absolute atomic E-state index is 6.29. The summed E-state index contributed by atoms with van der Waals surface area (Å²) in [5.41, 5.74) is 3.77. The number of para-hydroxylation sites is 1. The fourth-order valence-corrected chi connectivity index (χ4v) is 6.08. The molecule has 37 heavy (non-hydrogen) atoms. The Hall–Kier alpha value is -4.45. The van der Waals surface area contributed by atoms with Gasteiger partial charge in [-0.2, -0.15) is 0 Å². The smallest absolute Gasteiger partial charge is 0.381 e. The molecule has 6 nitrogen and oxygen atoms in total. The minimum atomic E-state index is -0.00661. The van der Waals surface area contributed by atoms with Crippen LogP contribution in [-0.4, -0.2) is 51.8 Å². The number of hydrogen-bond acceptors (Lipinski definition) is 6. The molecular weight excluding hydrogens is 454 g/mol. The van der Waals surface area contributed by atoms with Crippen molar-refractivity contribution in [2.24, 2.45) is 0 Å². The molecule has 5 aliphatic rings. The molecule has 3 aromatic rings. The second-order valence-electron chi connectivity index (χ2n) is 9.70. The normalized spacial score (nSPS) is 19.4. The van der Waals surface area contributed by atoms with Crippen LogP contribution in [0.4, 0.5) is 0 Å². The molecule has 7 heterocycles. The highest BCUT2D eigenvalue weighted by Crippen LogP contribution is 2.36. The lowest BCUT2D eigenvalue weighted by Gasteiger charge is -2.53. The van der Waals surface area contributed by atoms with Crippen LogP contribution in [0.15, 0.2) is 132 Å². The van der Waals surface area contributed by atoms with Crippen LogP contribution in [0.3, 0.4) is 0 Å². The van der Waals surface area contributed by atoms with Crippen molar-refractivity contribution in [3.05, 3.63) is 133 Å². The Balaban J connectivity index is 1.29. The highest BCUT2D eigenvalue weighted by molar-refractivity contribution is 6.92. The first-order valence-corrected chi connectivity index (χ1v) is 12.7. The van der Waals surface area contributed by atoms with Gasteiger partial charge in [0.15, 0.2) is 0 Å². The Labute approximate surface area is 217 Å². The molecule has 8 rings (SSSR count). The van der Waals surface area contributed by atoms with Gasteiger partial charge in [0, 0.05) is 22.5 Å². The van der Waals surface area contributed by atoms with Gasteiger partial charge in [-0.05, 0) is 66.8 Å². The number of fused-ring (bicyclic) bond motifs is 11. The zero-order valence-corrected chi connectivity index (χ0v) is 20.1. The summed E-state index contributed by atoms with van der Waals surface area (Å²) in [6.07, 6.45) is 25.7. The fraction of sp³-hybridized carbons (Fsp3) is 0. The molecule has 2 aromatic heterocycles. The summed E-state index contributed by atoms with van der Waals surface area (Å²) in [5, 5.41) is 2.13. The highest BCUT2D eigenvalue weighted by atomic mass is 16.3. The van der Waals surface area contributed by atoms with Gasteiger partial charge in [-0.25, -0.2) is 4.98 Å². The summed E-state index contributed by atoms with van der Waals surface area (Å²) in [6.45, 7) is 0.238. The molecule has 5 aliphatic heterocycles. The molecule has 172 valence electrons. The van der Waals surface area contributed by atoms with Gasteiger partial charge in [0.05, 0.1) is 0 Å². The van der Waals surface area contributed by atoms with Crippen LogP contribution in [0.2, 0.25) is 0 Å². The third kappa shape index (κ3) is 3.08. The van der Waals surface area contributed by atoms with E-state index in [0.717, 1.165) is 27.5 Å². The molecule has 0 saturated carbocycles. The first-order chi connectivity index (χ1) is 18.4. The summed E-state index contributed by atoms with van der Waals surface area (Å²) in [6, 6.07) is 10.4. The van der Waals surface area contributed by atoms with Crippen molar-refractivity contribution in [2.45, 2.75) is 0 Å². The number of aromatic nitrogens is 1. The third-order valence-corrected chi connectivity index (χ3v) is 7.74. The van der Waals surface area contributed by atoms with Crippen molar-refractivity contribution in [3.8, 4) is 0 Å². The van der Waals surface area contributed by atoms with Gasteiger partial charge >= 0.3 is 27.9 Å². The Bertz CT molecular complexity index is 1640. The van der Waals surface area contributed by atoms with Gasteiger partial charge < -0.3 is 23.3 Å². The number of rotatable bonds is 1. The number of benzene rings is 1. The average Bonchev–Trinajstić information content (AvgIpc) is 3.35. The van der Waals surface area contributed by atoms with Gasteiger partial charge in [0.25, 0.3) is 0 Å². The Morgan fingerprint density at radius 1 is 0.622 bits per heavy atom. The molecule has 0 atom stereocenters. The topological polar surface area (TPSA) is 39.0 Å². The van der Waals surface area contributed by atoms with Gasteiger partial charge in [-0.15, -0.1) is 0 Å². The number of furan rings is 1. The first-order valence-electron chi connectivity index (χ1n) is 12.7. The first kappa shape index (κ1) is 20.7. The van der Waals surface area contributed by atoms with E-state index in [2.05, 4.69) is 139 Å². The average molecular weight is 475 g/mol. The van der Waals surface area contributed by atoms with E-state index in [1.165, 1.54) is 0 Å². The number of nitrogens with zero attached hydrogens (tertiary/aromatic N) is 5. The van der Waals surface area contributed by atoms with E-state index in [4.69, 9.17) is 4.42 Å². The van der Waals surface area contributed by atoms with E-state index in [-0.39, 0.29) is 27.9 Å². The molecule has 0 aliphatic carbocycles. The zero-order valence-electron chi connectivity index (χ0n) is 20.1. The van der Waals surface area contributed by atoms with Crippen LogP contribution >= 0.6 is 0 Å². The Kier molecular flexibility index (Phi) is 4.50. The van der Waals surface area contributed by atoms with Crippen LogP contribution in [0, 0.1) is 0 Å². The minimum absolute atomic E-state index is 0.00661. The monoisotopic (exact) mass is 475 g/mol. The second kappa shape index (κ2) is 8.03. The largest absolute Gasteiger partial charge is 0.437 e. The second-order valence-corrected chi connectivity index (χ2v) is 9.70. The van der Waals surface area contributed by atoms with Crippen molar-refractivity contribution in [1.82, 2.24) is 23.9 Å². The van der Waals surface area contributed by atoms with Gasteiger partial charge in [0.1, 0.15) is 5.58 Å². The molecule has 1 fully saturated rings. The van der Waals surface area contributed by atoms with Crippen molar-refractivity contribution >= 4 is 55.6 Å². The summed E-state index contributed by atoms with van der Waals surface area (Å²) in [7, 11) is 0. The molecule has 10 heteroatoms. The Morgan fingerprint density at radius 2 is 1.24 bits per heavy atom. The fourth-order valence-electron chi connectivity index (χ4n) is 6.08. The van der Waals surface area contributed by atoms with Crippen LogP contribution in [-0.2, 0) is 0 Å². The van der Waals surface area contributed by atoms with E-state index in [0.29, 0.717) is 5.71 Å². The van der Waals surface area contributed by atoms with Gasteiger partial charge in [-0.1, -0.05) is 60.3 Å². The number of hydrogen-bond donors (Lipinski definition) is 0. The van der Waals surface area contributed by atoms with Crippen LogP contribution in [0.5, 0.6) is 0 Å². The molecular formula is C27H21B4N5O. The lowest BCUT2D eigenvalue weighted by Crippen LogP contribution is -2.73. The molecule has 0 unspecified atom stereocenters. The van der Waals surface area contributed by atoms with E-state index < -0.39 is 0 Å². The summed E-state index contributed by atoms with van der Waals surface area (Å²) in [5.74, 6) is 9.18. The predicted molar refractivity (Wildman–Crippen MR) is 154 cm³/mol. The number of allylic oxidation sites excluding steroid dienone is 8. The molecule has 0 N–H and O–H groups in total. The molecule has 0 bridgehead atoms. The summed E-state index contributed by atoms with van der Waals surface area (Å²) < 4.78 is 16.0. The van der Waals surface area contributed by atoms with E-state index in [1.807, 2.05) is 6.07 Å². The molecule has 1 aromatic carbocycles. The quantitative estimate of drug-likeness (QED) is 0.485. The summed E-state index contributed by atoms with van der Waals surface area (Å²) >= 11 is 0. The van der Waals surface area contributed by atoms with E-state index in [1.54, 1.807) is 6.20 Å². The lowest BCUT2D eigenvalue weighted by molar-refractivity contribution is 0.622. The van der Waals surface area contributed by atoms with Crippen LogP contribution in [0.25, 0.3) is 27.6 Å². The summed E-state index contributed by atoms with van der Waals surface area (Å²) in [4.78, 5) is 4.46. The van der Waals surface area contributed by atoms with Gasteiger partial charge in [-0.3, -0.25) is 0 Å². The van der Waals surface area contributed by atoms with Crippen molar-refractivity contribution in [2.75, 3.05) is 0 Å². The minimum Gasteiger partial charge on any atom is -0.437 e. The predicted octanol–water partition coefficient (Wildman–Crippen LogP) is 4.47. The lowest BCUT2D eigenvalue weighted by atomic mass is 9.41. The highest BCUT2D eigenvalue weighted by Gasteiger charge is 2.49. The third-order valence-electron chi connectivity index (χ3n) is 7.74. The Morgan fingerprint density at radius 3 is 1.95 bits per heavy atom. The maximum atomic E-state index is 6.29. The van der Waals surface area contributed by atoms with E-state index in [9.17, 15) is 0 Å². The standard InChI is InChI=1S/C27H21B4N5O/c1-4-17-33-28(13-1)34-18-5-2-15-30(34)36-20-12-22(21-31(36)35-19-6-3-14-29(33)35)23-9-7-10-24-25-11-8-16-32-27(25)37-26(23)24/h1-21H. The molecule has 0 spiro atoms. The van der Waals surface area contributed by atoms with Crippen molar-refractivity contribution < 1.29 is 4.42 Å².